The van der Waals surface area contributed by atoms with Gasteiger partial charge in [0.15, 0.2) is 0 Å². The van der Waals surface area contributed by atoms with E-state index in [2.05, 4.69) is 4.72 Å². The van der Waals surface area contributed by atoms with Crippen molar-refractivity contribution < 1.29 is 8.42 Å². The van der Waals surface area contributed by atoms with Crippen LogP contribution < -0.4 is 4.72 Å². The summed E-state index contributed by atoms with van der Waals surface area (Å²) in [6, 6.07) is 8.32. The number of nitriles is 1. The first-order chi connectivity index (χ1) is 7.48. The molecule has 0 fully saturated rings. The van der Waals surface area contributed by atoms with Crippen molar-refractivity contribution in [2.24, 2.45) is 0 Å². The molecule has 1 unspecified atom stereocenters. The fraction of sp³-hybridized carbons (Fsp3) is 0.300. The molecule has 0 spiro atoms. The second-order valence-electron chi connectivity index (χ2n) is 3.30. The Labute approximate surface area is 99.9 Å². The lowest BCUT2D eigenvalue weighted by Gasteiger charge is -2.13. The Morgan fingerprint density at radius 1 is 1.44 bits per heavy atom. The SMILES string of the molecule is CC(NS(=O)(=O)CCl)c1ccc(C#N)cc1. The highest BCUT2D eigenvalue weighted by atomic mass is 35.5. The maximum atomic E-state index is 11.2. The molecule has 0 amide bonds. The Morgan fingerprint density at radius 2 is 2.00 bits per heavy atom. The van der Waals surface area contributed by atoms with E-state index in [4.69, 9.17) is 16.9 Å². The number of alkyl halides is 1. The summed E-state index contributed by atoms with van der Waals surface area (Å²) in [5, 5.41) is 8.15. The maximum Gasteiger partial charge on any atom is 0.226 e. The Hall–Kier alpha value is -1.09. The van der Waals surface area contributed by atoms with Gasteiger partial charge in [-0.2, -0.15) is 5.26 Å². The third kappa shape index (κ3) is 3.49. The molecule has 1 aromatic rings. The van der Waals surface area contributed by atoms with Crippen molar-refractivity contribution in [3.05, 3.63) is 35.4 Å². The topological polar surface area (TPSA) is 70.0 Å². The molecule has 1 rings (SSSR count). The molecule has 0 saturated heterocycles. The fourth-order valence-electron chi connectivity index (χ4n) is 1.22. The van der Waals surface area contributed by atoms with Gasteiger partial charge < -0.3 is 0 Å². The smallest absolute Gasteiger partial charge is 0.211 e. The normalized spacial score (nSPS) is 13.1. The number of halogens is 1. The third-order valence-corrected chi connectivity index (χ3v) is 3.90. The summed E-state index contributed by atoms with van der Waals surface area (Å²) >= 11 is 5.28. The zero-order chi connectivity index (χ0) is 12.2. The summed E-state index contributed by atoms with van der Waals surface area (Å²) in [6.07, 6.45) is 0. The van der Waals surface area contributed by atoms with Crippen LogP contribution in [-0.4, -0.2) is 13.6 Å². The Balaban J connectivity index is 2.82. The lowest BCUT2D eigenvalue weighted by atomic mass is 10.1. The minimum absolute atomic E-state index is 0.364. The van der Waals surface area contributed by atoms with Gasteiger partial charge in [0.05, 0.1) is 11.6 Å². The van der Waals surface area contributed by atoms with Crippen LogP contribution in [0.3, 0.4) is 0 Å². The van der Waals surface area contributed by atoms with Crippen LogP contribution in [0.4, 0.5) is 0 Å². The van der Waals surface area contributed by atoms with Crippen LogP contribution in [0.2, 0.25) is 0 Å². The molecule has 1 N–H and O–H groups in total. The van der Waals surface area contributed by atoms with E-state index in [0.29, 0.717) is 5.56 Å². The van der Waals surface area contributed by atoms with Gasteiger partial charge in [-0.05, 0) is 24.6 Å². The van der Waals surface area contributed by atoms with Crippen molar-refractivity contribution in [2.45, 2.75) is 13.0 Å². The van der Waals surface area contributed by atoms with Gasteiger partial charge >= 0.3 is 0 Å². The van der Waals surface area contributed by atoms with E-state index in [9.17, 15) is 8.42 Å². The minimum atomic E-state index is -3.43. The molecule has 86 valence electrons. The first-order valence-electron chi connectivity index (χ1n) is 4.54. The fourth-order valence-corrected chi connectivity index (χ4v) is 2.14. The largest absolute Gasteiger partial charge is 0.226 e. The zero-order valence-electron chi connectivity index (χ0n) is 8.64. The summed E-state index contributed by atoms with van der Waals surface area (Å²) < 4.78 is 24.8. The number of hydrogen-bond donors (Lipinski definition) is 1. The van der Waals surface area contributed by atoms with Crippen LogP contribution in [0.5, 0.6) is 0 Å². The molecule has 0 saturated carbocycles. The van der Waals surface area contributed by atoms with E-state index in [-0.39, 0.29) is 6.04 Å². The summed E-state index contributed by atoms with van der Waals surface area (Å²) in [5.74, 6) is 0. The summed E-state index contributed by atoms with van der Waals surface area (Å²) in [4.78, 5) is 0. The lowest BCUT2D eigenvalue weighted by Crippen LogP contribution is -2.27. The number of rotatable bonds is 4. The van der Waals surface area contributed by atoms with Crippen LogP contribution in [0.15, 0.2) is 24.3 Å². The molecule has 0 aliphatic heterocycles. The van der Waals surface area contributed by atoms with E-state index in [1.54, 1.807) is 31.2 Å². The summed E-state index contributed by atoms with van der Waals surface area (Å²) in [7, 11) is -3.43. The standard InChI is InChI=1S/C10H11ClN2O2S/c1-8(13-16(14,15)7-11)10-4-2-9(6-12)3-5-10/h2-5,8,13H,7H2,1H3. The van der Waals surface area contributed by atoms with Crippen LogP contribution in [0.25, 0.3) is 0 Å². The summed E-state index contributed by atoms with van der Waals surface area (Å²) in [6.45, 7) is 1.71. The zero-order valence-corrected chi connectivity index (χ0v) is 10.2. The number of sulfonamides is 1. The number of nitrogens with one attached hydrogen (secondary N) is 1. The maximum absolute atomic E-state index is 11.2. The highest BCUT2D eigenvalue weighted by molar-refractivity contribution is 7.90. The molecule has 0 aliphatic carbocycles. The number of nitrogens with zero attached hydrogens (tertiary/aromatic N) is 1. The van der Waals surface area contributed by atoms with Gasteiger partial charge in [0.25, 0.3) is 0 Å². The Bertz CT molecular complexity index is 491. The van der Waals surface area contributed by atoms with Crippen molar-refractivity contribution >= 4 is 21.6 Å². The molecule has 0 aliphatic rings. The molecule has 0 heterocycles. The molecule has 0 radical (unpaired) electrons. The second kappa shape index (κ2) is 5.30. The Kier molecular flexibility index (Phi) is 4.30. The van der Waals surface area contributed by atoms with Crippen molar-refractivity contribution in [2.75, 3.05) is 5.21 Å². The predicted octanol–water partition coefficient (Wildman–Crippen LogP) is 1.73. The van der Waals surface area contributed by atoms with Crippen LogP contribution in [0, 0.1) is 11.3 Å². The van der Waals surface area contributed by atoms with E-state index < -0.39 is 15.2 Å². The van der Waals surface area contributed by atoms with Gasteiger partial charge in [-0.15, -0.1) is 11.6 Å². The first kappa shape index (κ1) is 13.0. The Morgan fingerprint density at radius 3 is 2.44 bits per heavy atom. The van der Waals surface area contributed by atoms with Crippen molar-refractivity contribution in [1.29, 1.82) is 5.26 Å². The monoisotopic (exact) mass is 258 g/mol. The van der Waals surface area contributed by atoms with E-state index in [0.717, 1.165) is 5.56 Å². The van der Waals surface area contributed by atoms with Crippen molar-refractivity contribution in [1.82, 2.24) is 4.72 Å². The quantitative estimate of drug-likeness (QED) is 0.837. The van der Waals surface area contributed by atoms with Crippen LogP contribution in [0.1, 0.15) is 24.1 Å². The molecule has 1 atom stereocenters. The lowest BCUT2D eigenvalue weighted by molar-refractivity contribution is 0.571. The summed E-state index contributed by atoms with van der Waals surface area (Å²) in [5.41, 5.74) is 1.32. The van der Waals surface area contributed by atoms with Gasteiger partial charge in [-0.3, -0.25) is 0 Å². The number of benzene rings is 1. The van der Waals surface area contributed by atoms with E-state index >= 15 is 0 Å². The number of hydrogen-bond acceptors (Lipinski definition) is 3. The third-order valence-electron chi connectivity index (χ3n) is 2.04. The molecule has 0 aromatic heterocycles. The first-order valence-corrected chi connectivity index (χ1v) is 6.73. The molecule has 6 heteroatoms. The van der Waals surface area contributed by atoms with Gasteiger partial charge in [-0.25, -0.2) is 13.1 Å². The van der Waals surface area contributed by atoms with E-state index in [1.165, 1.54) is 0 Å². The molecule has 1 aromatic carbocycles. The molecule has 0 bridgehead atoms. The van der Waals surface area contributed by atoms with Gasteiger partial charge in [0.1, 0.15) is 5.21 Å². The molecular formula is C10H11ClN2O2S. The van der Waals surface area contributed by atoms with Crippen molar-refractivity contribution in [3.63, 3.8) is 0 Å². The van der Waals surface area contributed by atoms with Crippen molar-refractivity contribution in [3.8, 4) is 6.07 Å². The van der Waals surface area contributed by atoms with Gasteiger partial charge in [-0.1, -0.05) is 12.1 Å². The average molecular weight is 259 g/mol. The minimum Gasteiger partial charge on any atom is -0.211 e. The van der Waals surface area contributed by atoms with Crippen LogP contribution in [-0.2, 0) is 10.0 Å². The highest BCUT2D eigenvalue weighted by Gasteiger charge is 2.14. The van der Waals surface area contributed by atoms with E-state index in [1.807, 2.05) is 6.07 Å². The average Bonchev–Trinajstić information content (AvgIpc) is 2.28. The highest BCUT2D eigenvalue weighted by Crippen LogP contribution is 2.14. The predicted molar refractivity (Wildman–Crippen MR) is 62.3 cm³/mol. The van der Waals surface area contributed by atoms with Crippen LogP contribution >= 0.6 is 11.6 Å². The molecule has 16 heavy (non-hydrogen) atoms. The van der Waals surface area contributed by atoms with Gasteiger partial charge in [0.2, 0.25) is 10.0 Å². The molecule has 4 nitrogen and oxygen atoms in total. The second-order valence-corrected chi connectivity index (χ2v) is 5.64. The molecular weight excluding hydrogens is 248 g/mol. The van der Waals surface area contributed by atoms with Gasteiger partial charge in [0, 0.05) is 6.04 Å².